The number of unbranched alkanes of at least 4 members (excludes halogenated alkanes) is 1. The number of ether oxygens (including phenoxy) is 3. The van der Waals surface area contributed by atoms with Gasteiger partial charge in [-0.25, -0.2) is 0 Å². The summed E-state index contributed by atoms with van der Waals surface area (Å²) in [6, 6.07) is 0. The van der Waals surface area contributed by atoms with Gasteiger partial charge in [0.2, 0.25) is 0 Å². The number of methoxy groups -OCH3 is 1. The van der Waals surface area contributed by atoms with Crippen LogP contribution in [0.2, 0.25) is 0 Å². The van der Waals surface area contributed by atoms with Crippen molar-refractivity contribution in [1.82, 2.24) is 0 Å². The number of hydrogen-bond acceptors (Lipinski definition) is 3. The summed E-state index contributed by atoms with van der Waals surface area (Å²) in [6.07, 6.45) is 3.80. The molecule has 90 valence electrons. The van der Waals surface area contributed by atoms with Crippen molar-refractivity contribution in [1.29, 1.82) is 0 Å². The van der Waals surface area contributed by atoms with Crippen LogP contribution < -0.4 is 0 Å². The molecule has 0 amide bonds. The van der Waals surface area contributed by atoms with E-state index < -0.39 is 0 Å². The quantitative estimate of drug-likeness (QED) is 0.505. The maximum absolute atomic E-state index is 5.65. The summed E-state index contributed by atoms with van der Waals surface area (Å²) < 4.78 is 16.4. The molecule has 4 heteroatoms. The maximum atomic E-state index is 5.65. The van der Waals surface area contributed by atoms with Gasteiger partial charge in [0.05, 0.1) is 25.4 Å². The van der Waals surface area contributed by atoms with Gasteiger partial charge in [0.25, 0.3) is 0 Å². The zero-order valence-electron chi connectivity index (χ0n) is 9.58. The Bertz CT molecular complexity index is 166. The van der Waals surface area contributed by atoms with E-state index in [1.54, 1.807) is 7.11 Å². The molecule has 0 aromatic carbocycles. The predicted octanol–water partition coefficient (Wildman–Crippen LogP) is 2.37. The van der Waals surface area contributed by atoms with Gasteiger partial charge in [-0.05, 0) is 12.8 Å². The Morgan fingerprint density at radius 2 is 2.07 bits per heavy atom. The van der Waals surface area contributed by atoms with Crippen molar-refractivity contribution in [3.8, 4) is 0 Å². The van der Waals surface area contributed by atoms with Crippen LogP contribution in [0.5, 0.6) is 0 Å². The summed E-state index contributed by atoms with van der Waals surface area (Å²) in [7, 11) is 1.73. The zero-order valence-corrected chi connectivity index (χ0v) is 11.2. The van der Waals surface area contributed by atoms with Crippen LogP contribution in [-0.4, -0.2) is 44.0 Å². The van der Waals surface area contributed by atoms with Gasteiger partial charge in [0, 0.05) is 18.5 Å². The zero-order chi connectivity index (χ0) is 11.1. The summed E-state index contributed by atoms with van der Waals surface area (Å²) in [4.78, 5) is 0.452. The van der Waals surface area contributed by atoms with Gasteiger partial charge in [0.15, 0.2) is 0 Å². The minimum Gasteiger partial charge on any atom is -0.379 e. The fourth-order valence-corrected chi connectivity index (χ4v) is 2.52. The molecule has 0 saturated heterocycles. The second-order valence-electron chi connectivity index (χ2n) is 3.83. The molecule has 1 rings (SSSR count). The molecule has 0 aromatic heterocycles. The third-order valence-corrected chi connectivity index (χ3v) is 3.55. The first-order valence-electron chi connectivity index (χ1n) is 5.65. The van der Waals surface area contributed by atoms with Crippen molar-refractivity contribution in [3.05, 3.63) is 0 Å². The van der Waals surface area contributed by atoms with E-state index in [9.17, 15) is 0 Å². The Morgan fingerprint density at radius 1 is 1.27 bits per heavy atom. The minimum atomic E-state index is 0.209. The molecule has 0 aliphatic heterocycles. The normalized spacial score (nSPS) is 30.2. The van der Waals surface area contributed by atoms with E-state index in [1.807, 2.05) is 0 Å². The van der Waals surface area contributed by atoms with E-state index in [4.69, 9.17) is 14.2 Å². The average Bonchev–Trinajstić information content (AvgIpc) is 2.22. The van der Waals surface area contributed by atoms with Crippen LogP contribution in [0.3, 0.4) is 0 Å². The molecule has 3 nitrogen and oxygen atoms in total. The van der Waals surface area contributed by atoms with Crippen molar-refractivity contribution < 1.29 is 14.2 Å². The van der Waals surface area contributed by atoms with Crippen LogP contribution >= 0.6 is 15.9 Å². The highest BCUT2D eigenvalue weighted by molar-refractivity contribution is 9.09. The van der Waals surface area contributed by atoms with Crippen LogP contribution in [-0.2, 0) is 14.2 Å². The van der Waals surface area contributed by atoms with Crippen LogP contribution in [0.1, 0.15) is 26.2 Å². The van der Waals surface area contributed by atoms with Crippen LogP contribution in [0, 0.1) is 0 Å². The average molecular weight is 281 g/mol. The molecule has 0 radical (unpaired) electrons. The highest BCUT2D eigenvalue weighted by atomic mass is 79.9. The SMILES string of the molecule is CCCCOCCOC1CC(Br)C1OC. The summed E-state index contributed by atoms with van der Waals surface area (Å²) in [5.74, 6) is 0. The number of hydrogen-bond donors (Lipinski definition) is 0. The van der Waals surface area contributed by atoms with E-state index in [0.29, 0.717) is 18.0 Å². The van der Waals surface area contributed by atoms with E-state index in [1.165, 1.54) is 6.42 Å². The molecular weight excluding hydrogens is 260 g/mol. The second-order valence-corrected chi connectivity index (χ2v) is 5.00. The van der Waals surface area contributed by atoms with Crippen molar-refractivity contribution in [2.24, 2.45) is 0 Å². The predicted molar refractivity (Wildman–Crippen MR) is 63.6 cm³/mol. The standard InChI is InChI=1S/C11H21BrO3/c1-3-4-5-14-6-7-15-10-8-9(12)11(10)13-2/h9-11H,3-8H2,1-2H3. The number of halogens is 1. The van der Waals surface area contributed by atoms with Crippen LogP contribution in [0.15, 0.2) is 0 Å². The van der Waals surface area contributed by atoms with Crippen molar-refractivity contribution in [2.75, 3.05) is 26.9 Å². The molecule has 1 aliphatic carbocycles. The molecule has 0 spiro atoms. The summed E-state index contributed by atoms with van der Waals surface area (Å²) in [5, 5.41) is 0. The molecular formula is C11H21BrO3. The third kappa shape index (κ3) is 4.39. The molecule has 3 unspecified atom stereocenters. The lowest BCUT2D eigenvalue weighted by Gasteiger charge is -2.39. The van der Waals surface area contributed by atoms with Gasteiger partial charge < -0.3 is 14.2 Å². The molecule has 0 aromatic rings. The highest BCUT2D eigenvalue weighted by Gasteiger charge is 2.40. The van der Waals surface area contributed by atoms with E-state index in [0.717, 1.165) is 19.4 Å². The molecule has 3 atom stereocenters. The summed E-state index contributed by atoms with van der Waals surface area (Å²) in [5.41, 5.74) is 0. The molecule has 0 heterocycles. The molecule has 0 bridgehead atoms. The molecule has 1 fully saturated rings. The van der Waals surface area contributed by atoms with Gasteiger partial charge in [0.1, 0.15) is 0 Å². The monoisotopic (exact) mass is 280 g/mol. The minimum absolute atomic E-state index is 0.209. The maximum Gasteiger partial charge on any atom is 0.0958 e. The fraction of sp³-hybridized carbons (Fsp3) is 1.00. The van der Waals surface area contributed by atoms with E-state index in [-0.39, 0.29) is 12.2 Å². The Hall–Kier alpha value is 0.360. The molecule has 0 N–H and O–H groups in total. The first-order chi connectivity index (χ1) is 7.29. The molecule has 15 heavy (non-hydrogen) atoms. The summed E-state index contributed by atoms with van der Waals surface area (Å²) in [6.45, 7) is 4.38. The Labute approximate surface area is 101 Å². The largest absolute Gasteiger partial charge is 0.379 e. The van der Waals surface area contributed by atoms with Gasteiger partial charge in [-0.1, -0.05) is 29.3 Å². The fourth-order valence-electron chi connectivity index (χ4n) is 1.60. The Morgan fingerprint density at radius 3 is 2.67 bits per heavy atom. The topological polar surface area (TPSA) is 27.7 Å². The van der Waals surface area contributed by atoms with Crippen LogP contribution in [0.25, 0.3) is 0 Å². The number of alkyl halides is 1. The first-order valence-corrected chi connectivity index (χ1v) is 6.57. The van der Waals surface area contributed by atoms with E-state index in [2.05, 4.69) is 22.9 Å². The first kappa shape index (κ1) is 13.4. The molecule has 1 aliphatic rings. The van der Waals surface area contributed by atoms with Crippen LogP contribution in [0.4, 0.5) is 0 Å². The Balaban J connectivity index is 1.92. The van der Waals surface area contributed by atoms with Gasteiger partial charge in [-0.2, -0.15) is 0 Å². The lowest BCUT2D eigenvalue weighted by molar-refractivity contribution is -0.115. The summed E-state index contributed by atoms with van der Waals surface area (Å²) >= 11 is 3.53. The van der Waals surface area contributed by atoms with E-state index >= 15 is 0 Å². The lowest BCUT2D eigenvalue weighted by Crippen LogP contribution is -2.50. The van der Waals surface area contributed by atoms with Gasteiger partial charge in [-0.3, -0.25) is 0 Å². The van der Waals surface area contributed by atoms with Crippen molar-refractivity contribution in [3.63, 3.8) is 0 Å². The highest BCUT2D eigenvalue weighted by Crippen LogP contribution is 2.32. The molecule has 1 saturated carbocycles. The Kier molecular flexibility index (Phi) is 6.81. The lowest BCUT2D eigenvalue weighted by atomic mass is 9.91. The van der Waals surface area contributed by atoms with Crippen molar-refractivity contribution >= 4 is 15.9 Å². The number of rotatable bonds is 8. The van der Waals surface area contributed by atoms with Gasteiger partial charge in [-0.15, -0.1) is 0 Å². The smallest absolute Gasteiger partial charge is 0.0958 e. The van der Waals surface area contributed by atoms with Gasteiger partial charge >= 0.3 is 0 Å². The van der Waals surface area contributed by atoms with Crippen molar-refractivity contribution in [2.45, 2.75) is 43.2 Å². The third-order valence-electron chi connectivity index (χ3n) is 2.65. The second kappa shape index (κ2) is 7.60.